The summed E-state index contributed by atoms with van der Waals surface area (Å²) < 4.78 is 0. The third-order valence-electron chi connectivity index (χ3n) is 2.35. The summed E-state index contributed by atoms with van der Waals surface area (Å²) in [4.78, 5) is 33.5. The number of urea groups is 1. The van der Waals surface area contributed by atoms with Crippen molar-refractivity contribution < 1.29 is 19.5 Å². The van der Waals surface area contributed by atoms with E-state index in [0.717, 1.165) is 0 Å². The van der Waals surface area contributed by atoms with Crippen molar-refractivity contribution >= 4 is 23.6 Å². The number of aliphatic carboxylic acids is 1. The molecule has 0 aromatic heterocycles. The van der Waals surface area contributed by atoms with Gasteiger partial charge in [-0.25, -0.2) is 9.59 Å². The molecule has 7 nitrogen and oxygen atoms in total. The van der Waals surface area contributed by atoms with Crippen molar-refractivity contribution in [1.29, 1.82) is 0 Å². The molecule has 0 saturated carbocycles. The highest BCUT2D eigenvalue weighted by molar-refractivity contribution is 5.99. The van der Waals surface area contributed by atoms with E-state index in [2.05, 4.69) is 10.6 Å². The lowest BCUT2D eigenvalue weighted by atomic mass is 10.1. The Morgan fingerprint density at radius 3 is 2.42 bits per heavy atom. The number of hydrogen-bond acceptors (Lipinski definition) is 3. The molecule has 1 aromatic carbocycles. The first-order chi connectivity index (χ1) is 8.72. The number of carbonyl (C=O) groups excluding carboxylic acids is 2. The van der Waals surface area contributed by atoms with Gasteiger partial charge in [-0.1, -0.05) is 6.07 Å². The van der Waals surface area contributed by atoms with Gasteiger partial charge in [0.2, 0.25) is 0 Å². The summed E-state index contributed by atoms with van der Waals surface area (Å²) in [5, 5.41) is 13.6. The lowest BCUT2D eigenvalue weighted by Crippen LogP contribution is -2.49. The molecule has 0 saturated heterocycles. The lowest BCUT2D eigenvalue weighted by molar-refractivity contribution is -0.143. The first kappa shape index (κ1) is 14.5. The number of carboxylic acid groups (broad SMARTS) is 1. The van der Waals surface area contributed by atoms with Crippen LogP contribution in [0, 0.1) is 0 Å². The van der Waals surface area contributed by atoms with Gasteiger partial charge in [0.05, 0.1) is 0 Å². The van der Waals surface area contributed by atoms with Crippen molar-refractivity contribution in [2.24, 2.45) is 5.73 Å². The number of rotatable bonds is 4. The Morgan fingerprint density at radius 2 is 1.89 bits per heavy atom. The van der Waals surface area contributed by atoms with Crippen LogP contribution in [0.15, 0.2) is 24.3 Å². The first-order valence-electron chi connectivity index (χ1n) is 5.45. The van der Waals surface area contributed by atoms with Gasteiger partial charge in [0.1, 0.15) is 5.54 Å². The van der Waals surface area contributed by atoms with Crippen LogP contribution < -0.4 is 16.4 Å². The second-order valence-electron chi connectivity index (χ2n) is 4.45. The van der Waals surface area contributed by atoms with Crippen molar-refractivity contribution in [2.75, 3.05) is 5.32 Å². The van der Waals surface area contributed by atoms with Crippen molar-refractivity contribution in [1.82, 2.24) is 5.32 Å². The highest BCUT2D eigenvalue weighted by Crippen LogP contribution is 2.12. The van der Waals surface area contributed by atoms with Crippen LogP contribution in [0.2, 0.25) is 0 Å². The largest absolute Gasteiger partial charge is 0.480 e. The predicted octanol–water partition coefficient (Wildman–Crippen LogP) is 0.770. The average Bonchev–Trinajstić information content (AvgIpc) is 2.27. The fourth-order valence-corrected chi connectivity index (χ4v) is 1.29. The maximum Gasteiger partial charge on any atom is 0.328 e. The normalized spacial score (nSPS) is 10.6. The summed E-state index contributed by atoms with van der Waals surface area (Å²) in [5.41, 5.74) is 4.16. The van der Waals surface area contributed by atoms with E-state index in [1.807, 2.05) is 0 Å². The SMILES string of the molecule is CC(C)(NC(=O)c1cccc(NC(N)=O)c1)C(=O)O. The second kappa shape index (κ2) is 5.38. The number of benzene rings is 1. The van der Waals surface area contributed by atoms with Gasteiger partial charge in [0, 0.05) is 11.3 Å². The van der Waals surface area contributed by atoms with Crippen LogP contribution in [0.3, 0.4) is 0 Å². The van der Waals surface area contributed by atoms with Gasteiger partial charge in [-0.3, -0.25) is 4.79 Å². The zero-order valence-corrected chi connectivity index (χ0v) is 10.6. The molecule has 0 bridgehead atoms. The number of nitrogens with one attached hydrogen (secondary N) is 2. The van der Waals surface area contributed by atoms with Gasteiger partial charge in [-0.05, 0) is 32.0 Å². The highest BCUT2D eigenvalue weighted by Gasteiger charge is 2.29. The van der Waals surface area contributed by atoms with E-state index in [1.165, 1.54) is 26.0 Å². The van der Waals surface area contributed by atoms with E-state index in [-0.39, 0.29) is 5.56 Å². The molecule has 0 spiro atoms. The Morgan fingerprint density at radius 1 is 1.26 bits per heavy atom. The van der Waals surface area contributed by atoms with Crippen LogP contribution >= 0.6 is 0 Å². The van der Waals surface area contributed by atoms with Gasteiger partial charge in [0.25, 0.3) is 5.91 Å². The molecular formula is C12H15N3O4. The number of amides is 3. The molecule has 102 valence electrons. The van der Waals surface area contributed by atoms with E-state index >= 15 is 0 Å². The highest BCUT2D eigenvalue weighted by atomic mass is 16.4. The minimum absolute atomic E-state index is 0.223. The van der Waals surface area contributed by atoms with E-state index in [1.54, 1.807) is 12.1 Å². The maximum atomic E-state index is 11.9. The van der Waals surface area contributed by atoms with Crippen LogP contribution in [0.4, 0.5) is 10.5 Å². The predicted molar refractivity (Wildman–Crippen MR) is 68.8 cm³/mol. The van der Waals surface area contributed by atoms with Crippen molar-refractivity contribution in [3.8, 4) is 0 Å². The number of anilines is 1. The van der Waals surface area contributed by atoms with Crippen molar-refractivity contribution in [3.05, 3.63) is 29.8 Å². The molecule has 7 heteroatoms. The van der Waals surface area contributed by atoms with E-state index < -0.39 is 23.4 Å². The zero-order chi connectivity index (χ0) is 14.6. The monoisotopic (exact) mass is 265 g/mol. The fourth-order valence-electron chi connectivity index (χ4n) is 1.29. The lowest BCUT2D eigenvalue weighted by Gasteiger charge is -2.21. The number of primary amides is 1. The Bertz CT molecular complexity index is 525. The molecule has 3 amide bonds. The molecule has 0 aliphatic heterocycles. The van der Waals surface area contributed by atoms with Gasteiger partial charge in [-0.15, -0.1) is 0 Å². The fraction of sp³-hybridized carbons (Fsp3) is 0.250. The van der Waals surface area contributed by atoms with Crippen molar-refractivity contribution in [3.63, 3.8) is 0 Å². The summed E-state index contributed by atoms with van der Waals surface area (Å²) in [6, 6.07) is 5.26. The zero-order valence-electron chi connectivity index (χ0n) is 10.6. The minimum Gasteiger partial charge on any atom is -0.480 e. The number of carboxylic acids is 1. The standard InChI is InChI=1S/C12H15N3O4/c1-12(2,10(17)18)15-9(16)7-4-3-5-8(6-7)14-11(13)19/h3-6H,1-2H3,(H,15,16)(H,17,18)(H3,13,14,19). The van der Waals surface area contributed by atoms with E-state index in [9.17, 15) is 14.4 Å². The minimum atomic E-state index is -1.38. The van der Waals surface area contributed by atoms with E-state index in [0.29, 0.717) is 5.69 Å². The Labute approximate surface area is 109 Å². The molecule has 0 fully saturated rings. The van der Waals surface area contributed by atoms with Gasteiger partial charge >= 0.3 is 12.0 Å². The Hall–Kier alpha value is -2.57. The first-order valence-corrected chi connectivity index (χ1v) is 5.45. The van der Waals surface area contributed by atoms with Crippen LogP contribution in [-0.4, -0.2) is 28.6 Å². The summed E-state index contributed by atoms with van der Waals surface area (Å²) >= 11 is 0. The van der Waals surface area contributed by atoms with Gasteiger partial charge < -0.3 is 21.5 Å². The molecule has 19 heavy (non-hydrogen) atoms. The van der Waals surface area contributed by atoms with Crippen molar-refractivity contribution in [2.45, 2.75) is 19.4 Å². The Balaban J connectivity index is 2.89. The Kier molecular flexibility index (Phi) is 4.11. The second-order valence-corrected chi connectivity index (χ2v) is 4.45. The third kappa shape index (κ3) is 3.98. The topological polar surface area (TPSA) is 122 Å². The van der Waals surface area contributed by atoms with Gasteiger partial charge in [-0.2, -0.15) is 0 Å². The number of nitrogens with two attached hydrogens (primary N) is 1. The summed E-state index contributed by atoms with van der Waals surface area (Å²) in [5.74, 6) is -1.70. The maximum absolute atomic E-state index is 11.9. The number of hydrogen-bond donors (Lipinski definition) is 4. The number of carbonyl (C=O) groups is 3. The van der Waals surface area contributed by atoms with Crippen LogP contribution in [0.25, 0.3) is 0 Å². The molecule has 0 heterocycles. The van der Waals surface area contributed by atoms with Crippen LogP contribution in [-0.2, 0) is 4.79 Å². The smallest absolute Gasteiger partial charge is 0.328 e. The van der Waals surface area contributed by atoms with Crippen LogP contribution in [0.1, 0.15) is 24.2 Å². The average molecular weight is 265 g/mol. The molecule has 0 aliphatic rings. The molecule has 0 atom stereocenters. The quantitative estimate of drug-likeness (QED) is 0.642. The van der Waals surface area contributed by atoms with Crippen LogP contribution in [0.5, 0.6) is 0 Å². The molecule has 0 radical (unpaired) electrons. The summed E-state index contributed by atoms with van der Waals surface area (Å²) in [6.07, 6.45) is 0. The molecule has 0 unspecified atom stereocenters. The van der Waals surface area contributed by atoms with E-state index in [4.69, 9.17) is 10.8 Å². The summed E-state index contributed by atoms with van der Waals surface area (Å²) in [7, 11) is 0. The molecule has 1 aromatic rings. The van der Waals surface area contributed by atoms with Gasteiger partial charge in [0.15, 0.2) is 0 Å². The molecule has 5 N–H and O–H groups in total. The molecular weight excluding hydrogens is 250 g/mol. The molecule has 0 aliphatic carbocycles. The molecule has 1 rings (SSSR count). The summed E-state index contributed by atoms with van der Waals surface area (Å²) in [6.45, 7) is 2.75. The third-order valence-corrected chi connectivity index (χ3v) is 2.35.